The lowest BCUT2D eigenvalue weighted by Crippen LogP contribution is -2.36. The molecule has 0 amide bonds. The van der Waals surface area contributed by atoms with Crippen molar-refractivity contribution in [2.45, 2.75) is 57.3 Å². The number of ether oxygens (including phenoxy) is 1. The minimum absolute atomic E-state index is 0.0923. The highest BCUT2D eigenvalue weighted by Crippen LogP contribution is 2.52. The van der Waals surface area contributed by atoms with E-state index in [1.54, 1.807) is 0 Å². The predicted molar refractivity (Wildman–Crippen MR) is 100 cm³/mol. The van der Waals surface area contributed by atoms with Gasteiger partial charge in [0.25, 0.3) is 0 Å². The zero-order chi connectivity index (χ0) is 17.7. The first-order valence-corrected chi connectivity index (χ1v) is 10.1. The number of rotatable bonds is 1. The number of carbonyl (C=O) groups excluding carboxylic acids is 1. The molecular formula is C23H26O3. The molecule has 3 nitrogen and oxygen atoms in total. The molecule has 1 aliphatic heterocycles. The van der Waals surface area contributed by atoms with Crippen molar-refractivity contribution in [1.29, 1.82) is 0 Å². The minimum atomic E-state index is -0.0923. The lowest BCUT2D eigenvalue weighted by Gasteiger charge is -2.45. The van der Waals surface area contributed by atoms with Gasteiger partial charge in [-0.15, -0.1) is 0 Å². The van der Waals surface area contributed by atoms with Crippen molar-refractivity contribution in [1.82, 2.24) is 0 Å². The van der Waals surface area contributed by atoms with Crippen LogP contribution in [-0.4, -0.2) is 11.1 Å². The molecule has 0 spiro atoms. The number of aliphatic hydroxyl groups excluding tert-OH is 1. The predicted octanol–water partition coefficient (Wildman–Crippen LogP) is 5.00. The molecule has 1 N–H and O–H groups in total. The second-order valence-corrected chi connectivity index (χ2v) is 8.44. The van der Waals surface area contributed by atoms with Crippen LogP contribution in [0.2, 0.25) is 0 Å². The molecule has 1 heterocycles. The highest BCUT2D eigenvalue weighted by Gasteiger charge is 2.41. The van der Waals surface area contributed by atoms with Gasteiger partial charge in [-0.1, -0.05) is 25.0 Å². The first-order chi connectivity index (χ1) is 12.7. The summed E-state index contributed by atoms with van der Waals surface area (Å²) in [4.78, 5) is 11.7. The molecule has 3 aliphatic carbocycles. The van der Waals surface area contributed by atoms with Gasteiger partial charge in [-0.2, -0.15) is 0 Å². The summed E-state index contributed by atoms with van der Waals surface area (Å²) in [7, 11) is 0. The van der Waals surface area contributed by atoms with Gasteiger partial charge in [0.1, 0.15) is 11.5 Å². The maximum absolute atomic E-state index is 11.7. The van der Waals surface area contributed by atoms with Gasteiger partial charge in [-0.3, -0.25) is 4.79 Å². The van der Waals surface area contributed by atoms with E-state index in [1.807, 2.05) is 12.2 Å². The molecule has 0 radical (unpaired) electrons. The van der Waals surface area contributed by atoms with Gasteiger partial charge in [0.15, 0.2) is 0 Å². The summed E-state index contributed by atoms with van der Waals surface area (Å²) in [6.45, 7) is 0. The molecule has 136 valence electrons. The summed E-state index contributed by atoms with van der Waals surface area (Å²) in [6, 6.07) is 4.53. The maximum atomic E-state index is 11.7. The molecule has 0 aromatic heterocycles. The molecular weight excluding hydrogens is 324 g/mol. The van der Waals surface area contributed by atoms with E-state index >= 15 is 0 Å². The zero-order valence-corrected chi connectivity index (χ0v) is 15.1. The molecule has 26 heavy (non-hydrogen) atoms. The van der Waals surface area contributed by atoms with Gasteiger partial charge in [-0.05, 0) is 90.7 Å². The standard InChI is InChI=1S/C23H26O3/c24-17-8-5-14(6-9-17)20-12-16-11-15-7-10-23(25)26-22(15)13-21(16)19-4-2-1-3-18(19)20/h5,8-9,11,13-14,18-20,24H,1-4,6-7,10,12H2/t14?,18-,19+,20-/m0/s1. The number of esters is 1. The number of aryl methyl sites for hydroxylation is 1. The normalized spacial score (nSPS) is 32.8. The smallest absolute Gasteiger partial charge is 0.311 e. The fourth-order valence-corrected chi connectivity index (χ4v) is 5.79. The molecule has 0 bridgehead atoms. The number of allylic oxidation sites excluding steroid dienone is 3. The number of benzene rings is 1. The summed E-state index contributed by atoms with van der Waals surface area (Å²) in [6.07, 6.45) is 14.6. The molecule has 4 aliphatic rings. The number of fused-ring (bicyclic) bond motifs is 4. The first kappa shape index (κ1) is 16.2. The van der Waals surface area contributed by atoms with Crippen molar-refractivity contribution in [2.75, 3.05) is 0 Å². The molecule has 4 atom stereocenters. The van der Waals surface area contributed by atoms with Crippen molar-refractivity contribution in [3.05, 3.63) is 52.8 Å². The number of aliphatic hydroxyl groups is 1. The summed E-state index contributed by atoms with van der Waals surface area (Å²) in [5.74, 6) is 3.61. The Morgan fingerprint density at radius 3 is 2.77 bits per heavy atom. The fraction of sp³-hybridized carbons (Fsp3) is 0.522. The second kappa shape index (κ2) is 6.29. The van der Waals surface area contributed by atoms with Crippen LogP contribution in [0.15, 0.2) is 36.1 Å². The quantitative estimate of drug-likeness (QED) is 0.572. The van der Waals surface area contributed by atoms with Crippen LogP contribution in [0, 0.1) is 17.8 Å². The van der Waals surface area contributed by atoms with Crippen molar-refractivity contribution >= 4 is 5.97 Å². The van der Waals surface area contributed by atoms with Crippen LogP contribution in [0.1, 0.15) is 61.1 Å². The van der Waals surface area contributed by atoms with Gasteiger partial charge in [0.05, 0.1) is 6.42 Å². The van der Waals surface area contributed by atoms with E-state index in [0.29, 0.717) is 35.9 Å². The molecule has 1 saturated carbocycles. The minimum Gasteiger partial charge on any atom is -0.508 e. The fourth-order valence-electron chi connectivity index (χ4n) is 5.79. The summed E-state index contributed by atoms with van der Waals surface area (Å²) in [5.41, 5.74) is 4.12. The molecule has 5 rings (SSSR count). The maximum Gasteiger partial charge on any atom is 0.311 e. The molecule has 1 fully saturated rings. The summed E-state index contributed by atoms with van der Waals surface area (Å²) < 4.78 is 5.55. The average molecular weight is 350 g/mol. The largest absolute Gasteiger partial charge is 0.508 e. The van der Waals surface area contributed by atoms with Gasteiger partial charge in [-0.25, -0.2) is 0 Å². The van der Waals surface area contributed by atoms with E-state index in [4.69, 9.17) is 4.74 Å². The molecule has 1 unspecified atom stereocenters. The Morgan fingerprint density at radius 1 is 1.04 bits per heavy atom. The van der Waals surface area contributed by atoms with Gasteiger partial charge in [0, 0.05) is 0 Å². The van der Waals surface area contributed by atoms with E-state index in [9.17, 15) is 9.90 Å². The highest BCUT2D eigenvalue weighted by atomic mass is 16.5. The lowest BCUT2D eigenvalue weighted by atomic mass is 9.59. The molecule has 0 saturated heterocycles. The van der Waals surface area contributed by atoms with Crippen LogP contribution in [0.5, 0.6) is 5.75 Å². The van der Waals surface area contributed by atoms with Crippen LogP contribution < -0.4 is 4.74 Å². The SMILES string of the molecule is O=C1CCc2cc3c(cc2O1)[C@@H]1CCCC[C@@H]1[C@H](C1C=CC(O)=CC1)C3. The molecule has 1 aromatic carbocycles. The Balaban J connectivity index is 1.53. The van der Waals surface area contributed by atoms with Gasteiger partial charge in [0.2, 0.25) is 0 Å². The summed E-state index contributed by atoms with van der Waals surface area (Å²) in [5, 5.41) is 9.70. The topological polar surface area (TPSA) is 46.5 Å². The van der Waals surface area contributed by atoms with Crippen LogP contribution in [0.3, 0.4) is 0 Å². The third-order valence-corrected chi connectivity index (χ3v) is 7.03. The lowest BCUT2D eigenvalue weighted by molar-refractivity contribution is -0.135. The molecule has 1 aromatic rings. The van der Waals surface area contributed by atoms with E-state index in [-0.39, 0.29) is 5.97 Å². The Labute approximate surface area is 154 Å². The van der Waals surface area contributed by atoms with Crippen molar-refractivity contribution < 1.29 is 14.6 Å². The number of carbonyl (C=O) groups is 1. The Kier molecular flexibility index (Phi) is 3.91. The average Bonchev–Trinajstić information content (AvgIpc) is 2.67. The molecule has 3 heteroatoms. The monoisotopic (exact) mass is 350 g/mol. The van der Waals surface area contributed by atoms with Gasteiger partial charge < -0.3 is 9.84 Å². The Bertz CT molecular complexity index is 804. The van der Waals surface area contributed by atoms with Crippen molar-refractivity contribution in [3.8, 4) is 5.75 Å². The first-order valence-electron chi connectivity index (χ1n) is 10.1. The van der Waals surface area contributed by atoms with Gasteiger partial charge >= 0.3 is 5.97 Å². The zero-order valence-electron chi connectivity index (χ0n) is 15.1. The number of hydrogen-bond donors (Lipinski definition) is 1. The van der Waals surface area contributed by atoms with Crippen LogP contribution in [0.25, 0.3) is 0 Å². The van der Waals surface area contributed by atoms with Crippen molar-refractivity contribution in [2.24, 2.45) is 17.8 Å². The third kappa shape index (κ3) is 2.69. The van der Waals surface area contributed by atoms with E-state index < -0.39 is 0 Å². The van der Waals surface area contributed by atoms with Crippen molar-refractivity contribution in [3.63, 3.8) is 0 Å². The van der Waals surface area contributed by atoms with E-state index in [1.165, 1.54) is 42.4 Å². The van der Waals surface area contributed by atoms with Crippen LogP contribution >= 0.6 is 0 Å². The highest BCUT2D eigenvalue weighted by molar-refractivity contribution is 5.75. The third-order valence-electron chi connectivity index (χ3n) is 7.03. The van der Waals surface area contributed by atoms with E-state index in [0.717, 1.165) is 25.0 Å². The van der Waals surface area contributed by atoms with Crippen LogP contribution in [0.4, 0.5) is 0 Å². The summed E-state index contributed by atoms with van der Waals surface area (Å²) >= 11 is 0. The Hall–Kier alpha value is -2.03. The Morgan fingerprint density at radius 2 is 1.92 bits per heavy atom. The van der Waals surface area contributed by atoms with E-state index in [2.05, 4.69) is 18.2 Å². The second-order valence-electron chi connectivity index (χ2n) is 8.44. The van der Waals surface area contributed by atoms with Crippen LogP contribution in [-0.2, 0) is 17.6 Å². The number of hydrogen-bond acceptors (Lipinski definition) is 3.